The number of nitrogens with one attached hydrogen (secondary N) is 1. The van der Waals surface area contributed by atoms with Crippen LogP contribution in [0.15, 0.2) is 25.3 Å². The van der Waals surface area contributed by atoms with Crippen LogP contribution in [0, 0.1) is 5.92 Å². The van der Waals surface area contributed by atoms with Gasteiger partial charge in [-0.25, -0.2) is 9.97 Å². The fourth-order valence-electron chi connectivity index (χ4n) is 1.65. The molecule has 1 fully saturated rings. The first kappa shape index (κ1) is 8.38. The summed E-state index contributed by atoms with van der Waals surface area (Å²) in [7, 11) is 0. The fourth-order valence-corrected chi connectivity index (χ4v) is 1.65. The second-order valence-electron chi connectivity index (χ2n) is 3.34. The Labute approximate surface area is 77.9 Å². The standard InChI is InChI=1S/C10H13N3/c1-8(9-2-3-11-4-9)10-5-12-7-13-6-10/h5-7,9,11H,1-4H2/t9-/m0/s1. The lowest BCUT2D eigenvalue weighted by molar-refractivity contribution is 0.748. The van der Waals surface area contributed by atoms with Gasteiger partial charge in [0.05, 0.1) is 0 Å². The molecule has 3 heteroatoms. The van der Waals surface area contributed by atoms with E-state index in [9.17, 15) is 0 Å². The average molecular weight is 175 g/mol. The fraction of sp³-hybridized carbons (Fsp3) is 0.400. The largest absolute Gasteiger partial charge is 0.316 e. The molecule has 68 valence electrons. The van der Waals surface area contributed by atoms with Gasteiger partial charge in [0.25, 0.3) is 0 Å². The van der Waals surface area contributed by atoms with Crippen LogP contribution in [0.5, 0.6) is 0 Å². The van der Waals surface area contributed by atoms with E-state index < -0.39 is 0 Å². The topological polar surface area (TPSA) is 37.8 Å². The molecule has 0 aromatic carbocycles. The summed E-state index contributed by atoms with van der Waals surface area (Å²) in [6.07, 6.45) is 6.37. The molecule has 1 N–H and O–H groups in total. The van der Waals surface area contributed by atoms with Crippen molar-refractivity contribution < 1.29 is 0 Å². The lowest BCUT2D eigenvalue weighted by atomic mass is 9.95. The van der Waals surface area contributed by atoms with Crippen molar-refractivity contribution in [2.75, 3.05) is 13.1 Å². The highest BCUT2D eigenvalue weighted by atomic mass is 14.9. The molecular formula is C10H13N3. The van der Waals surface area contributed by atoms with Crippen LogP contribution in [0.25, 0.3) is 5.57 Å². The second kappa shape index (κ2) is 3.66. The minimum absolute atomic E-state index is 0.561. The highest BCUT2D eigenvalue weighted by Crippen LogP contribution is 2.24. The van der Waals surface area contributed by atoms with Gasteiger partial charge in [0.15, 0.2) is 0 Å². The van der Waals surface area contributed by atoms with Gasteiger partial charge in [0.1, 0.15) is 6.33 Å². The molecule has 0 spiro atoms. The summed E-state index contributed by atoms with van der Waals surface area (Å²) in [6, 6.07) is 0. The summed E-state index contributed by atoms with van der Waals surface area (Å²) in [5.41, 5.74) is 2.22. The first-order valence-electron chi connectivity index (χ1n) is 4.53. The minimum Gasteiger partial charge on any atom is -0.316 e. The van der Waals surface area contributed by atoms with E-state index in [0.29, 0.717) is 5.92 Å². The van der Waals surface area contributed by atoms with Crippen LogP contribution in [0.4, 0.5) is 0 Å². The molecule has 2 rings (SSSR count). The molecule has 1 aromatic rings. The van der Waals surface area contributed by atoms with Gasteiger partial charge in [0, 0.05) is 24.5 Å². The second-order valence-corrected chi connectivity index (χ2v) is 3.34. The van der Waals surface area contributed by atoms with E-state index in [0.717, 1.165) is 24.2 Å². The van der Waals surface area contributed by atoms with Gasteiger partial charge in [-0.1, -0.05) is 6.58 Å². The summed E-state index contributed by atoms with van der Waals surface area (Å²) in [5.74, 6) is 0.561. The average Bonchev–Trinajstić information content (AvgIpc) is 2.71. The molecule has 0 bridgehead atoms. The van der Waals surface area contributed by atoms with Crippen LogP contribution < -0.4 is 5.32 Å². The number of nitrogens with zero attached hydrogens (tertiary/aromatic N) is 2. The molecule has 3 nitrogen and oxygen atoms in total. The number of hydrogen-bond acceptors (Lipinski definition) is 3. The van der Waals surface area contributed by atoms with Gasteiger partial charge in [-0.3, -0.25) is 0 Å². The molecule has 1 aliphatic heterocycles. The van der Waals surface area contributed by atoms with Gasteiger partial charge in [-0.15, -0.1) is 0 Å². The quantitative estimate of drug-likeness (QED) is 0.731. The summed E-state index contributed by atoms with van der Waals surface area (Å²) >= 11 is 0. The van der Waals surface area contributed by atoms with E-state index in [4.69, 9.17) is 0 Å². The Bertz CT molecular complexity index is 288. The van der Waals surface area contributed by atoms with E-state index in [-0.39, 0.29) is 0 Å². The Morgan fingerprint density at radius 2 is 2.23 bits per heavy atom. The number of rotatable bonds is 2. The van der Waals surface area contributed by atoms with Crippen LogP contribution in [0.3, 0.4) is 0 Å². The Morgan fingerprint density at radius 1 is 1.46 bits per heavy atom. The van der Waals surface area contributed by atoms with Crippen LogP contribution in [-0.4, -0.2) is 23.1 Å². The molecule has 0 aliphatic carbocycles. The lowest BCUT2D eigenvalue weighted by Crippen LogP contribution is -2.09. The molecule has 0 amide bonds. The third-order valence-electron chi connectivity index (χ3n) is 2.48. The van der Waals surface area contributed by atoms with Gasteiger partial charge in [-0.05, 0) is 24.5 Å². The molecule has 1 saturated heterocycles. The maximum absolute atomic E-state index is 4.09. The normalized spacial score (nSPS) is 21.7. The van der Waals surface area contributed by atoms with Crippen LogP contribution in [-0.2, 0) is 0 Å². The van der Waals surface area contributed by atoms with Gasteiger partial charge in [0.2, 0.25) is 0 Å². The van der Waals surface area contributed by atoms with Crippen molar-refractivity contribution in [3.05, 3.63) is 30.9 Å². The van der Waals surface area contributed by atoms with Crippen molar-refractivity contribution in [3.8, 4) is 0 Å². The monoisotopic (exact) mass is 175 g/mol. The van der Waals surface area contributed by atoms with E-state index in [1.165, 1.54) is 6.42 Å². The Balaban J connectivity index is 2.13. The molecule has 1 aliphatic rings. The summed E-state index contributed by atoms with van der Waals surface area (Å²) < 4.78 is 0. The van der Waals surface area contributed by atoms with Crippen LogP contribution in [0.1, 0.15) is 12.0 Å². The van der Waals surface area contributed by atoms with Gasteiger partial charge in [-0.2, -0.15) is 0 Å². The molecule has 0 unspecified atom stereocenters. The zero-order valence-electron chi connectivity index (χ0n) is 7.53. The first-order chi connectivity index (χ1) is 6.38. The lowest BCUT2D eigenvalue weighted by Gasteiger charge is -2.10. The van der Waals surface area contributed by atoms with Crippen molar-refractivity contribution in [3.63, 3.8) is 0 Å². The summed E-state index contributed by atoms with van der Waals surface area (Å²) in [4.78, 5) is 7.97. The third kappa shape index (κ3) is 1.75. The Morgan fingerprint density at radius 3 is 2.85 bits per heavy atom. The maximum atomic E-state index is 4.09. The molecule has 13 heavy (non-hydrogen) atoms. The van der Waals surface area contributed by atoms with E-state index in [1.54, 1.807) is 6.33 Å². The molecule has 0 saturated carbocycles. The SMILES string of the molecule is C=C(c1cncnc1)[C@H]1CCNC1. The van der Waals surface area contributed by atoms with Crippen molar-refractivity contribution in [2.24, 2.45) is 5.92 Å². The van der Waals surface area contributed by atoms with Gasteiger partial charge >= 0.3 is 0 Å². The minimum atomic E-state index is 0.561. The van der Waals surface area contributed by atoms with Crippen molar-refractivity contribution >= 4 is 5.57 Å². The molecule has 1 atom stereocenters. The van der Waals surface area contributed by atoms with Gasteiger partial charge < -0.3 is 5.32 Å². The number of aromatic nitrogens is 2. The zero-order valence-corrected chi connectivity index (χ0v) is 7.53. The highest BCUT2D eigenvalue weighted by Gasteiger charge is 2.18. The Hall–Kier alpha value is -1.22. The summed E-state index contributed by atoms with van der Waals surface area (Å²) in [5, 5.41) is 3.32. The Kier molecular flexibility index (Phi) is 2.36. The highest BCUT2D eigenvalue weighted by molar-refractivity contribution is 5.64. The van der Waals surface area contributed by atoms with E-state index in [1.807, 2.05) is 12.4 Å². The maximum Gasteiger partial charge on any atom is 0.115 e. The zero-order chi connectivity index (χ0) is 9.10. The first-order valence-corrected chi connectivity index (χ1v) is 4.53. The molecule has 1 aromatic heterocycles. The number of hydrogen-bond donors (Lipinski definition) is 1. The van der Waals surface area contributed by atoms with Crippen molar-refractivity contribution in [2.45, 2.75) is 6.42 Å². The smallest absolute Gasteiger partial charge is 0.115 e. The molecule has 2 heterocycles. The van der Waals surface area contributed by atoms with E-state index >= 15 is 0 Å². The van der Waals surface area contributed by atoms with Crippen molar-refractivity contribution in [1.82, 2.24) is 15.3 Å². The van der Waals surface area contributed by atoms with Crippen LogP contribution >= 0.6 is 0 Å². The predicted molar refractivity (Wildman–Crippen MR) is 52.0 cm³/mol. The third-order valence-corrected chi connectivity index (χ3v) is 2.48. The molecule has 0 radical (unpaired) electrons. The molecular weight excluding hydrogens is 162 g/mol. The van der Waals surface area contributed by atoms with Crippen molar-refractivity contribution in [1.29, 1.82) is 0 Å². The van der Waals surface area contributed by atoms with E-state index in [2.05, 4.69) is 21.9 Å². The predicted octanol–water partition coefficient (Wildman–Crippen LogP) is 1.10. The van der Waals surface area contributed by atoms with Crippen LogP contribution in [0.2, 0.25) is 0 Å². The summed E-state index contributed by atoms with van der Waals surface area (Å²) in [6.45, 7) is 6.22.